The molecule has 0 spiro atoms. The van der Waals surface area contributed by atoms with Gasteiger partial charge in [0.1, 0.15) is 11.3 Å². The molecule has 0 aliphatic rings. The number of carbonyl (C=O) groups is 2. The molecule has 0 saturated carbocycles. The van der Waals surface area contributed by atoms with Gasteiger partial charge in [-0.25, -0.2) is 0 Å². The number of hydrogen-bond acceptors (Lipinski definition) is 4. The second kappa shape index (κ2) is 9.87. The van der Waals surface area contributed by atoms with E-state index in [2.05, 4.69) is 5.32 Å². The smallest absolute Gasteiger partial charge is 0.244 e. The van der Waals surface area contributed by atoms with Crippen LogP contribution in [0.3, 0.4) is 0 Å². The number of benzene rings is 2. The van der Waals surface area contributed by atoms with Crippen molar-refractivity contribution in [1.82, 2.24) is 4.90 Å². The minimum Gasteiger partial charge on any atom is -0.497 e. The number of ether oxygens (including phenoxy) is 1. The molecule has 0 saturated heterocycles. The maximum absolute atomic E-state index is 12.9. The van der Waals surface area contributed by atoms with Gasteiger partial charge in [-0.2, -0.15) is 0 Å². The third-order valence-electron chi connectivity index (χ3n) is 4.59. The second-order valence-electron chi connectivity index (χ2n) is 6.79. The Kier molecular flexibility index (Phi) is 7.24. The van der Waals surface area contributed by atoms with Crippen molar-refractivity contribution in [3.8, 4) is 5.75 Å². The molecule has 0 bridgehead atoms. The number of nitrogens with one attached hydrogen (secondary N) is 1. The first kappa shape index (κ1) is 22.0. The maximum atomic E-state index is 12.9. The lowest BCUT2D eigenvalue weighted by atomic mass is 10.1. The zero-order valence-corrected chi connectivity index (χ0v) is 18.2. The molecular formula is C22H22Cl2N2O4. The third kappa shape index (κ3) is 5.26. The number of furan rings is 1. The summed E-state index contributed by atoms with van der Waals surface area (Å²) in [4.78, 5) is 26.9. The fourth-order valence-corrected chi connectivity index (χ4v) is 3.46. The second-order valence-corrected chi connectivity index (χ2v) is 7.63. The Balaban J connectivity index is 1.70. The molecule has 30 heavy (non-hydrogen) atoms. The van der Waals surface area contributed by atoms with Gasteiger partial charge in [-0.05, 0) is 36.8 Å². The van der Waals surface area contributed by atoms with Crippen molar-refractivity contribution in [3.05, 3.63) is 58.3 Å². The number of nitrogens with zero attached hydrogens (tertiary/aromatic N) is 1. The van der Waals surface area contributed by atoms with Crippen LogP contribution < -0.4 is 10.1 Å². The minimum absolute atomic E-state index is 0.0842. The summed E-state index contributed by atoms with van der Waals surface area (Å²) in [5.74, 6) is 0.171. The number of anilines is 1. The molecule has 0 aliphatic heterocycles. The first-order valence-corrected chi connectivity index (χ1v) is 10.2. The van der Waals surface area contributed by atoms with Crippen LogP contribution in [0.15, 0.2) is 47.1 Å². The molecule has 1 heterocycles. The fourth-order valence-electron chi connectivity index (χ4n) is 3.12. The summed E-state index contributed by atoms with van der Waals surface area (Å²) >= 11 is 12.1. The van der Waals surface area contributed by atoms with E-state index < -0.39 is 0 Å². The average molecular weight is 449 g/mol. The molecular weight excluding hydrogens is 427 g/mol. The Hall–Kier alpha value is -2.70. The van der Waals surface area contributed by atoms with E-state index in [9.17, 15) is 9.59 Å². The Bertz CT molecular complexity index is 1060. The van der Waals surface area contributed by atoms with Crippen LogP contribution in [0, 0.1) is 0 Å². The van der Waals surface area contributed by atoms with Crippen LogP contribution in [0.5, 0.6) is 5.75 Å². The van der Waals surface area contributed by atoms with E-state index in [4.69, 9.17) is 32.4 Å². The number of halogens is 2. The van der Waals surface area contributed by atoms with Gasteiger partial charge in [-0.1, -0.05) is 30.1 Å². The van der Waals surface area contributed by atoms with Crippen molar-refractivity contribution in [2.45, 2.75) is 19.8 Å². The number of methoxy groups -OCH3 is 1. The lowest BCUT2D eigenvalue weighted by Crippen LogP contribution is -2.39. The number of hydrogen-bond donors (Lipinski definition) is 1. The Labute approximate surface area is 184 Å². The van der Waals surface area contributed by atoms with Crippen molar-refractivity contribution in [3.63, 3.8) is 0 Å². The van der Waals surface area contributed by atoms with Crippen molar-refractivity contribution in [1.29, 1.82) is 0 Å². The van der Waals surface area contributed by atoms with E-state index in [1.54, 1.807) is 37.6 Å². The van der Waals surface area contributed by atoms with E-state index in [1.165, 1.54) is 4.90 Å². The maximum Gasteiger partial charge on any atom is 0.244 e. The SMILES string of the molecule is CCCN(CC(=O)Nc1cc(Cl)ccc1Cl)C(=O)Cc1coc2cc(OC)ccc12. The monoisotopic (exact) mass is 448 g/mol. The van der Waals surface area contributed by atoms with Crippen molar-refractivity contribution in [2.24, 2.45) is 0 Å². The van der Waals surface area contributed by atoms with Crippen LogP contribution in [-0.2, 0) is 16.0 Å². The lowest BCUT2D eigenvalue weighted by molar-refractivity contribution is -0.134. The van der Waals surface area contributed by atoms with Gasteiger partial charge in [0.05, 0.1) is 37.0 Å². The predicted molar refractivity (Wildman–Crippen MR) is 118 cm³/mol. The molecule has 2 amide bonds. The standard InChI is InChI=1S/C22H22Cl2N2O4/c1-3-8-26(12-21(27)25-19-10-15(23)4-7-18(19)24)22(28)9-14-13-30-20-11-16(29-2)5-6-17(14)20/h4-7,10-11,13H,3,8-9,12H2,1-2H3,(H,25,27). The van der Waals surface area contributed by atoms with Gasteiger partial charge in [0.15, 0.2) is 0 Å². The number of rotatable bonds is 8. The summed E-state index contributed by atoms with van der Waals surface area (Å²) in [6.45, 7) is 2.32. The van der Waals surface area contributed by atoms with Crippen molar-refractivity contribution >= 4 is 51.7 Å². The van der Waals surface area contributed by atoms with Gasteiger partial charge in [0.25, 0.3) is 0 Å². The number of carbonyl (C=O) groups excluding carboxylic acids is 2. The summed E-state index contributed by atoms with van der Waals surface area (Å²) < 4.78 is 10.8. The molecule has 158 valence electrons. The number of fused-ring (bicyclic) bond motifs is 1. The molecule has 2 aromatic carbocycles. The number of amides is 2. The van der Waals surface area contributed by atoms with Gasteiger partial charge >= 0.3 is 0 Å². The summed E-state index contributed by atoms with van der Waals surface area (Å²) in [5, 5.41) is 4.39. The molecule has 1 N–H and O–H groups in total. The highest BCUT2D eigenvalue weighted by Crippen LogP contribution is 2.27. The summed E-state index contributed by atoms with van der Waals surface area (Å²) in [7, 11) is 1.58. The Morgan fingerprint density at radius 2 is 1.97 bits per heavy atom. The Morgan fingerprint density at radius 3 is 2.70 bits per heavy atom. The highest BCUT2D eigenvalue weighted by Gasteiger charge is 2.20. The molecule has 1 aromatic heterocycles. The summed E-state index contributed by atoms with van der Waals surface area (Å²) in [6, 6.07) is 10.3. The van der Waals surface area contributed by atoms with Crippen LogP contribution in [-0.4, -0.2) is 36.9 Å². The zero-order valence-electron chi connectivity index (χ0n) is 16.7. The van der Waals surface area contributed by atoms with E-state index in [-0.39, 0.29) is 24.8 Å². The van der Waals surface area contributed by atoms with Crippen LogP contribution in [0.4, 0.5) is 5.69 Å². The lowest BCUT2D eigenvalue weighted by Gasteiger charge is -2.21. The predicted octanol–water partition coefficient (Wildman–Crippen LogP) is 5.17. The summed E-state index contributed by atoms with van der Waals surface area (Å²) in [5.41, 5.74) is 1.82. The molecule has 0 aliphatic carbocycles. The van der Waals surface area contributed by atoms with Gasteiger partial charge in [-0.15, -0.1) is 0 Å². The van der Waals surface area contributed by atoms with Crippen molar-refractivity contribution in [2.75, 3.05) is 25.5 Å². The van der Waals surface area contributed by atoms with Gasteiger partial charge < -0.3 is 19.4 Å². The van der Waals surface area contributed by atoms with Crippen LogP contribution in [0.2, 0.25) is 10.0 Å². The normalized spacial score (nSPS) is 10.8. The molecule has 6 nitrogen and oxygen atoms in total. The molecule has 8 heteroatoms. The van der Waals surface area contributed by atoms with E-state index in [0.29, 0.717) is 33.6 Å². The molecule has 0 radical (unpaired) electrons. The van der Waals surface area contributed by atoms with Crippen LogP contribution in [0.1, 0.15) is 18.9 Å². The van der Waals surface area contributed by atoms with E-state index in [0.717, 1.165) is 17.4 Å². The van der Waals surface area contributed by atoms with Crippen molar-refractivity contribution < 1.29 is 18.7 Å². The van der Waals surface area contributed by atoms with Crippen LogP contribution in [0.25, 0.3) is 11.0 Å². The first-order valence-electron chi connectivity index (χ1n) is 9.48. The zero-order chi connectivity index (χ0) is 21.7. The first-order chi connectivity index (χ1) is 14.4. The van der Waals surface area contributed by atoms with E-state index in [1.807, 2.05) is 19.1 Å². The largest absolute Gasteiger partial charge is 0.497 e. The molecule has 0 unspecified atom stereocenters. The third-order valence-corrected chi connectivity index (χ3v) is 5.15. The summed E-state index contributed by atoms with van der Waals surface area (Å²) in [6.07, 6.45) is 2.42. The van der Waals surface area contributed by atoms with Gasteiger partial charge in [0.2, 0.25) is 11.8 Å². The molecule has 3 aromatic rings. The van der Waals surface area contributed by atoms with Gasteiger partial charge in [0, 0.05) is 28.6 Å². The highest BCUT2D eigenvalue weighted by atomic mass is 35.5. The highest BCUT2D eigenvalue weighted by molar-refractivity contribution is 6.35. The Morgan fingerprint density at radius 1 is 1.17 bits per heavy atom. The molecule has 0 atom stereocenters. The molecule has 3 rings (SSSR count). The average Bonchev–Trinajstić information content (AvgIpc) is 3.12. The van der Waals surface area contributed by atoms with Crippen LogP contribution >= 0.6 is 23.2 Å². The minimum atomic E-state index is -0.345. The van der Waals surface area contributed by atoms with Gasteiger partial charge in [-0.3, -0.25) is 9.59 Å². The topological polar surface area (TPSA) is 71.8 Å². The molecule has 0 fully saturated rings. The quantitative estimate of drug-likeness (QED) is 0.515. The fraction of sp³-hybridized carbons (Fsp3) is 0.273. The van der Waals surface area contributed by atoms with E-state index >= 15 is 0 Å².